The van der Waals surface area contributed by atoms with E-state index in [9.17, 15) is 25.9 Å². The normalized spacial score (nSPS) is 13.2. The zero-order valence-corrected chi connectivity index (χ0v) is 21.9. The van der Waals surface area contributed by atoms with Crippen molar-refractivity contribution in [1.82, 2.24) is 0 Å². The van der Waals surface area contributed by atoms with Crippen molar-refractivity contribution in [2.45, 2.75) is 0 Å². The van der Waals surface area contributed by atoms with Gasteiger partial charge < -0.3 is 8.37 Å². The van der Waals surface area contributed by atoms with E-state index in [4.69, 9.17) is 8.37 Å². The Morgan fingerprint density at radius 2 is 0.800 bits per heavy atom. The molecule has 0 heterocycles. The van der Waals surface area contributed by atoms with Crippen LogP contribution in [-0.2, 0) is 20.8 Å². The molecule has 0 unspecified atom stereocenters. The molecule has 0 radical (unpaired) electrons. The summed E-state index contributed by atoms with van der Waals surface area (Å²) in [7, 11) is -9.66. The average Bonchev–Trinajstić information content (AvgIpc) is 2.91. The highest BCUT2D eigenvalue weighted by molar-refractivity contribution is 7.81. The van der Waals surface area contributed by atoms with Crippen LogP contribution in [-0.4, -0.2) is 25.9 Å². The van der Waals surface area contributed by atoms with Gasteiger partial charge >= 0.3 is 20.8 Å². The zero-order valence-electron chi connectivity index (χ0n) is 20.2. The molecule has 40 heavy (non-hydrogen) atoms. The molecular formula is C30H16O8S2. The third-order valence-electron chi connectivity index (χ3n) is 7.65. The molecule has 0 atom stereocenters. The molecule has 0 aliphatic heterocycles. The lowest BCUT2D eigenvalue weighted by molar-refractivity contribution is 0.387. The second kappa shape index (κ2) is 7.58. The van der Waals surface area contributed by atoms with Gasteiger partial charge in [0.1, 0.15) is 0 Å². The quantitative estimate of drug-likeness (QED) is 0.132. The molecule has 8 aromatic carbocycles. The van der Waals surface area contributed by atoms with Crippen LogP contribution in [0.3, 0.4) is 0 Å². The van der Waals surface area contributed by atoms with Crippen LogP contribution in [0.15, 0.2) is 84.9 Å². The first-order valence-electron chi connectivity index (χ1n) is 12.2. The lowest BCUT2D eigenvalue weighted by Gasteiger charge is -2.21. The van der Waals surface area contributed by atoms with Crippen molar-refractivity contribution in [2.75, 3.05) is 0 Å². The van der Waals surface area contributed by atoms with Crippen molar-refractivity contribution in [3.63, 3.8) is 0 Å². The van der Waals surface area contributed by atoms with Crippen molar-refractivity contribution in [3.05, 3.63) is 84.9 Å². The molecule has 8 rings (SSSR count). The lowest BCUT2D eigenvalue weighted by Crippen LogP contribution is -2.08. The van der Waals surface area contributed by atoms with Gasteiger partial charge in [-0.2, -0.15) is 16.8 Å². The van der Waals surface area contributed by atoms with Gasteiger partial charge in [0, 0.05) is 32.3 Å². The fourth-order valence-corrected chi connectivity index (χ4v) is 7.13. The van der Waals surface area contributed by atoms with Crippen molar-refractivity contribution in [3.8, 4) is 11.5 Å². The van der Waals surface area contributed by atoms with Crippen LogP contribution in [0.4, 0.5) is 0 Å². The van der Waals surface area contributed by atoms with Crippen LogP contribution in [0.2, 0.25) is 0 Å². The first-order chi connectivity index (χ1) is 19.1. The lowest BCUT2D eigenvalue weighted by atomic mass is 9.83. The minimum atomic E-state index is -4.83. The molecule has 196 valence electrons. The van der Waals surface area contributed by atoms with E-state index in [-0.39, 0.29) is 11.5 Å². The molecule has 2 N–H and O–H groups in total. The van der Waals surface area contributed by atoms with E-state index in [0.717, 1.165) is 53.9 Å². The van der Waals surface area contributed by atoms with E-state index >= 15 is 0 Å². The summed E-state index contributed by atoms with van der Waals surface area (Å²) in [4.78, 5) is 0. The summed E-state index contributed by atoms with van der Waals surface area (Å²) in [6, 6.07) is 25.8. The van der Waals surface area contributed by atoms with Crippen LogP contribution < -0.4 is 8.37 Å². The van der Waals surface area contributed by atoms with E-state index < -0.39 is 20.8 Å². The van der Waals surface area contributed by atoms with Crippen LogP contribution in [0.25, 0.3) is 75.4 Å². The first-order valence-corrected chi connectivity index (χ1v) is 14.9. The minimum absolute atomic E-state index is 0.0170. The maximum Gasteiger partial charge on any atom is 0.446 e. The minimum Gasteiger partial charge on any atom is -0.360 e. The van der Waals surface area contributed by atoms with Crippen LogP contribution in [0, 0.1) is 0 Å². The highest BCUT2D eigenvalue weighted by Crippen LogP contribution is 2.51. The maximum absolute atomic E-state index is 11.9. The Labute approximate surface area is 226 Å². The molecule has 8 nitrogen and oxygen atoms in total. The first kappa shape index (κ1) is 23.4. The molecule has 0 aliphatic carbocycles. The third-order valence-corrected chi connectivity index (χ3v) is 8.41. The molecule has 10 heteroatoms. The van der Waals surface area contributed by atoms with Gasteiger partial charge in [-0.25, -0.2) is 0 Å². The number of benzene rings is 8. The summed E-state index contributed by atoms with van der Waals surface area (Å²) in [5.41, 5.74) is 0. The van der Waals surface area contributed by atoms with Gasteiger partial charge in [-0.1, -0.05) is 60.7 Å². The molecular weight excluding hydrogens is 552 g/mol. The van der Waals surface area contributed by atoms with Gasteiger partial charge in [-0.05, 0) is 67.4 Å². The molecule has 0 aromatic heterocycles. The van der Waals surface area contributed by atoms with Gasteiger partial charge in [-0.3, -0.25) is 9.11 Å². The van der Waals surface area contributed by atoms with E-state index in [1.807, 2.05) is 48.5 Å². The third kappa shape index (κ3) is 3.18. The largest absolute Gasteiger partial charge is 0.446 e. The fraction of sp³-hybridized carbons (Fsp3) is 0. The summed E-state index contributed by atoms with van der Waals surface area (Å²) in [5, 5.41) is 10.1. The van der Waals surface area contributed by atoms with E-state index in [1.54, 1.807) is 36.4 Å². The summed E-state index contributed by atoms with van der Waals surface area (Å²) >= 11 is 0. The van der Waals surface area contributed by atoms with E-state index in [1.165, 1.54) is 0 Å². The zero-order chi connectivity index (χ0) is 27.6. The maximum atomic E-state index is 11.9. The number of hydrogen-bond acceptors (Lipinski definition) is 6. The van der Waals surface area contributed by atoms with E-state index in [2.05, 4.69) is 0 Å². The van der Waals surface area contributed by atoms with Crippen molar-refractivity contribution in [1.29, 1.82) is 0 Å². The van der Waals surface area contributed by atoms with Gasteiger partial charge in [0.25, 0.3) is 0 Å². The SMILES string of the molecule is O=S(=O)(O)Oc1c2ccccc2c2cc3ccc4c(OS(=O)(=O)O)c5ccccc5c5cc6ccc1c2c6c3c45. The molecule has 0 amide bonds. The Morgan fingerprint density at radius 3 is 1.18 bits per heavy atom. The monoisotopic (exact) mass is 568 g/mol. The van der Waals surface area contributed by atoms with E-state index in [0.29, 0.717) is 21.5 Å². The Hall–Kier alpha value is -4.48. The highest BCUT2D eigenvalue weighted by Gasteiger charge is 2.25. The van der Waals surface area contributed by atoms with Gasteiger partial charge in [-0.15, -0.1) is 0 Å². The summed E-state index contributed by atoms with van der Waals surface area (Å²) < 4.78 is 77.2. The average molecular weight is 569 g/mol. The van der Waals surface area contributed by atoms with Crippen molar-refractivity contribution in [2.24, 2.45) is 0 Å². The predicted octanol–water partition coefficient (Wildman–Crippen LogP) is 7.00. The number of hydrogen-bond donors (Lipinski definition) is 2. The molecule has 0 aliphatic rings. The Balaban J connectivity index is 1.68. The van der Waals surface area contributed by atoms with Crippen molar-refractivity contribution >= 4 is 96.2 Å². The molecule has 0 saturated heterocycles. The smallest absolute Gasteiger partial charge is 0.360 e. The number of rotatable bonds is 4. The number of fused-ring (bicyclic) bond motifs is 4. The predicted molar refractivity (Wildman–Crippen MR) is 156 cm³/mol. The fourth-order valence-electron chi connectivity index (χ4n) is 6.35. The van der Waals surface area contributed by atoms with Gasteiger partial charge in [0.15, 0.2) is 11.5 Å². The van der Waals surface area contributed by atoms with Crippen molar-refractivity contribution < 1.29 is 34.3 Å². The topological polar surface area (TPSA) is 127 Å². The Morgan fingerprint density at radius 1 is 0.425 bits per heavy atom. The molecule has 0 bridgehead atoms. The van der Waals surface area contributed by atoms with Crippen LogP contribution in [0.5, 0.6) is 11.5 Å². The van der Waals surface area contributed by atoms with Crippen LogP contribution in [0.1, 0.15) is 0 Å². The standard InChI is InChI=1S/C30H16O8S2/c31-39(32,33)37-29-19-7-3-1-5-17(19)23-13-15-9-12-22-28-24(14-16-10-11-21(29)27(23)25(16)26(15)28)18-6-2-4-8-20(18)30(22)38-40(34,35)36/h1-14H,(H,31,32,33)(H,34,35,36). The molecule has 0 fully saturated rings. The highest BCUT2D eigenvalue weighted by atomic mass is 32.3. The Bertz CT molecular complexity index is 2410. The molecule has 0 saturated carbocycles. The van der Waals surface area contributed by atoms with Crippen LogP contribution >= 0.6 is 0 Å². The summed E-state index contributed by atoms with van der Waals surface area (Å²) in [6.45, 7) is 0. The summed E-state index contributed by atoms with van der Waals surface area (Å²) in [6.07, 6.45) is 0. The molecule has 0 spiro atoms. The second-order valence-electron chi connectivity index (χ2n) is 9.79. The Kier molecular flexibility index (Phi) is 4.44. The van der Waals surface area contributed by atoms with Gasteiger partial charge in [0.05, 0.1) is 0 Å². The van der Waals surface area contributed by atoms with Gasteiger partial charge in [0.2, 0.25) is 0 Å². The summed E-state index contributed by atoms with van der Waals surface area (Å²) in [5.74, 6) is 0.0340. The second-order valence-corrected chi connectivity index (χ2v) is 11.8. The molecule has 8 aromatic rings.